The van der Waals surface area contributed by atoms with Crippen LogP contribution in [-0.2, 0) is 22.6 Å². The molecule has 0 unspecified atom stereocenters. The first kappa shape index (κ1) is 25.6. The van der Waals surface area contributed by atoms with Crippen LogP contribution in [0.5, 0.6) is 0 Å². The molecule has 0 bridgehead atoms. The number of hydrogen-bond donors (Lipinski definition) is 2. The average Bonchev–Trinajstić information content (AvgIpc) is 3.18. The highest BCUT2D eigenvalue weighted by atomic mass is 32.2. The van der Waals surface area contributed by atoms with Gasteiger partial charge in [0.15, 0.2) is 10.8 Å². The Morgan fingerprint density at radius 1 is 1.18 bits per heavy atom. The summed E-state index contributed by atoms with van der Waals surface area (Å²) in [5.41, 5.74) is 6.83. The number of unbranched alkanes of at least 4 members (excludes halogenated alkanes) is 1. The van der Waals surface area contributed by atoms with Crippen LogP contribution in [0.25, 0.3) is 11.0 Å². The predicted octanol–water partition coefficient (Wildman–Crippen LogP) is 2.45. The minimum absolute atomic E-state index is 0.0115. The van der Waals surface area contributed by atoms with Crippen LogP contribution in [0.3, 0.4) is 0 Å². The summed E-state index contributed by atoms with van der Waals surface area (Å²) in [6, 6.07) is 7.77. The Morgan fingerprint density at radius 2 is 1.94 bits per heavy atom. The lowest BCUT2D eigenvalue weighted by Crippen LogP contribution is -2.42. The zero-order chi connectivity index (χ0) is 24.7. The van der Waals surface area contributed by atoms with Gasteiger partial charge in [-0.15, -0.1) is 0 Å². The molecule has 1 aromatic carbocycles. The summed E-state index contributed by atoms with van der Waals surface area (Å²) in [6.07, 6.45) is 2.18. The Morgan fingerprint density at radius 3 is 2.65 bits per heavy atom. The topological polar surface area (TPSA) is 128 Å². The van der Waals surface area contributed by atoms with Crippen molar-refractivity contribution in [3.05, 3.63) is 45.1 Å². The van der Waals surface area contributed by atoms with Crippen molar-refractivity contribution in [3.8, 4) is 0 Å². The molecule has 2 heterocycles. The number of aromatic nitrogens is 4. The molecule has 0 aliphatic heterocycles. The lowest BCUT2D eigenvalue weighted by Gasteiger charge is -2.24. The Bertz CT molecular complexity index is 1250. The number of nitrogens with two attached hydrogens (primary N) is 1. The summed E-state index contributed by atoms with van der Waals surface area (Å²) in [4.78, 5) is 46.7. The average molecular weight is 489 g/mol. The van der Waals surface area contributed by atoms with E-state index in [0.29, 0.717) is 44.2 Å². The van der Waals surface area contributed by atoms with Gasteiger partial charge in [0.05, 0.1) is 23.4 Å². The smallest absolute Gasteiger partial charge is 0.330 e. The van der Waals surface area contributed by atoms with Crippen LogP contribution in [-0.4, -0.2) is 51.0 Å². The number of aromatic amines is 1. The number of nitrogens with one attached hydrogen (secondary N) is 1. The number of thioether (sulfide) groups is 1. The van der Waals surface area contributed by atoms with Crippen molar-refractivity contribution in [1.29, 1.82) is 0 Å². The molecule has 10 nitrogen and oxygen atoms in total. The summed E-state index contributed by atoms with van der Waals surface area (Å²) < 4.78 is 8.57. The molecule has 0 radical (unpaired) electrons. The Labute approximate surface area is 202 Å². The molecule has 0 saturated heterocycles. The third kappa shape index (κ3) is 5.53. The molecule has 1 amide bonds. The largest absolute Gasteiger partial charge is 0.383 e. The number of anilines is 2. The third-order valence-electron chi connectivity index (χ3n) is 5.43. The van der Waals surface area contributed by atoms with Crippen LogP contribution in [0, 0.1) is 0 Å². The minimum atomic E-state index is -0.656. The summed E-state index contributed by atoms with van der Waals surface area (Å²) in [5, 5.41) is 0.694. The standard InChI is InChI=1S/C23H32N6O4S/c1-4-6-12-28(19-20(24)29(11-5-2)22(32)26-21(19)31)18(30)15-34-23-25-16-9-7-8-10-17(16)27(23)13-14-33-3/h7-10H,4-6,11-15,24H2,1-3H3,(H,26,31,32). The molecule has 0 aliphatic carbocycles. The minimum Gasteiger partial charge on any atom is -0.383 e. The van der Waals surface area contributed by atoms with E-state index in [1.165, 1.54) is 21.2 Å². The van der Waals surface area contributed by atoms with Crippen LogP contribution in [0.2, 0.25) is 0 Å². The van der Waals surface area contributed by atoms with E-state index in [0.717, 1.165) is 17.5 Å². The highest BCUT2D eigenvalue weighted by Gasteiger charge is 2.24. The Balaban J connectivity index is 1.92. The number of para-hydroxylation sites is 2. The zero-order valence-electron chi connectivity index (χ0n) is 19.9. The van der Waals surface area contributed by atoms with E-state index in [-0.39, 0.29) is 23.2 Å². The van der Waals surface area contributed by atoms with Gasteiger partial charge in [-0.3, -0.25) is 19.1 Å². The normalized spacial score (nSPS) is 11.3. The molecule has 11 heteroatoms. The van der Waals surface area contributed by atoms with E-state index in [1.807, 2.05) is 42.7 Å². The van der Waals surface area contributed by atoms with E-state index in [4.69, 9.17) is 10.5 Å². The second-order valence-corrected chi connectivity index (χ2v) is 8.80. The predicted molar refractivity (Wildman–Crippen MR) is 136 cm³/mol. The number of H-pyrrole nitrogens is 1. The maximum absolute atomic E-state index is 13.4. The molecular weight excluding hydrogens is 456 g/mol. The molecule has 0 fully saturated rings. The lowest BCUT2D eigenvalue weighted by atomic mass is 10.2. The number of carbonyl (C=O) groups excluding carboxylic acids is 1. The Kier molecular flexibility index (Phi) is 8.94. The fourth-order valence-corrected chi connectivity index (χ4v) is 4.64. The van der Waals surface area contributed by atoms with Gasteiger partial charge in [-0.25, -0.2) is 9.78 Å². The number of hydrogen-bond acceptors (Lipinski definition) is 7. The van der Waals surface area contributed by atoms with Gasteiger partial charge < -0.3 is 19.9 Å². The number of amides is 1. The van der Waals surface area contributed by atoms with Crippen molar-refractivity contribution < 1.29 is 9.53 Å². The Hall–Kier alpha value is -3.05. The van der Waals surface area contributed by atoms with Gasteiger partial charge in [0, 0.05) is 26.7 Å². The van der Waals surface area contributed by atoms with Gasteiger partial charge in [0.25, 0.3) is 5.56 Å². The number of methoxy groups -OCH3 is 1. The third-order valence-corrected chi connectivity index (χ3v) is 6.39. The van der Waals surface area contributed by atoms with Crippen molar-refractivity contribution in [2.75, 3.05) is 36.6 Å². The van der Waals surface area contributed by atoms with Crippen molar-refractivity contribution in [2.45, 2.75) is 51.4 Å². The molecule has 3 rings (SSSR count). The van der Waals surface area contributed by atoms with Gasteiger partial charge in [-0.1, -0.05) is 44.2 Å². The molecule has 3 N–H and O–H groups in total. The number of imidazole rings is 1. The maximum atomic E-state index is 13.4. The van der Waals surface area contributed by atoms with Gasteiger partial charge in [-0.05, 0) is 25.0 Å². The van der Waals surface area contributed by atoms with Gasteiger partial charge in [-0.2, -0.15) is 0 Å². The van der Waals surface area contributed by atoms with Crippen LogP contribution < -0.4 is 21.9 Å². The molecule has 2 aromatic heterocycles. The van der Waals surface area contributed by atoms with Gasteiger partial charge in [0.2, 0.25) is 5.91 Å². The maximum Gasteiger partial charge on any atom is 0.330 e. The van der Waals surface area contributed by atoms with Crippen molar-refractivity contribution in [2.24, 2.45) is 0 Å². The quantitative estimate of drug-likeness (QED) is 0.375. The molecule has 0 aliphatic rings. The first-order valence-corrected chi connectivity index (χ1v) is 12.4. The van der Waals surface area contributed by atoms with Crippen LogP contribution in [0.15, 0.2) is 39.0 Å². The molecular formula is C23H32N6O4S. The fourth-order valence-electron chi connectivity index (χ4n) is 3.73. The summed E-state index contributed by atoms with van der Waals surface area (Å²) >= 11 is 1.30. The summed E-state index contributed by atoms with van der Waals surface area (Å²) in [5.74, 6) is -0.203. The SMILES string of the molecule is CCCCN(C(=O)CSc1nc2ccccc2n1CCOC)c1c(N)n(CCC)c(=O)[nH]c1=O. The molecule has 0 spiro atoms. The first-order valence-electron chi connectivity index (χ1n) is 11.4. The number of benzene rings is 1. The fraction of sp³-hybridized carbons (Fsp3) is 0.478. The molecule has 0 saturated carbocycles. The van der Waals surface area contributed by atoms with E-state index < -0.39 is 11.2 Å². The van der Waals surface area contributed by atoms with E-state index >= 15 is 0 Å². The first-order chi connectivity index (χ1) is 16.4. The second-order valence-electron chi connectivity index (χ2n) is 7.86. The monoisotopic (exact) mass is 488 g/mol. The molecule has 3 aromatic rings. The highest BCUT2D eigenvalue weighted by molar-refractivity contribution is 7.99. The summed E-state index contributed by atoms with van der Waals surface area (Å²) in [6.45, 7) is 5.69. The van der Waals surface area contributed by atoms with E-state index in [2.05, 4.69) is 9.97 Å². The van der Waals surface area contributed by atoms with Gasteiger partial charge in [0.1, 0.15) is 5.82 Å². The molecule has 184 valence electrons. The van der Waals surface area contributed by atoms with Crippen molar-refractivity contribution in [3.63, 3.8) is 0 Å². The number of rotatable bonds is 12. The number of ether oxygens (including phenoxy) is 1. The second kappa shape index (κ2) is 11.9. The highest BCUT2D eigenvalue weighted by Crippen LogP contribution is 2.26. The number of nitrogens with zero attached hydrogens (tertiary/aromatic N) is 4. The number of carbonyl (C=O) groups is 1. The molecule has 0 atom stereocenters. The van der Waals surface area contributed by atoms with Crippen LogP contribution in [0.1, 0.15) is 33.1 Å². The number of nitrogen functional groups attached to an aromatic ring is 1. The summed E-state index contributed by atoms with van der Waals surface area (Å²) in [7, 11) is 1.64. The van der Waals surface area contributed by atoms with Crippen LogP contribution >= 0.6 is 11.8 Å². The van der Waals surface area contributed by atoms with Crippen molar-refractivity contribution >= 4 is 40.2 Å². The van der Waals surface area contributed by atoms with E-state index in [9.17, 15) is 14.4 Å². The van der Waals surface area contributed by atoms with Crippen LogP contribution in [0.4, 0.5) is 11.5 Å². The van der Waals surface area contributed by atoms with E-state index in [1.54, 1.807) is 7.11 Å². The zero-order valence-corrected chi connectivity index (χ0v) is 20.7. The van der Waals surface area contributed by atoms with Gasteiger partial charge >= 0.3 is 5.69 Å². The van der Waals surface area contributed by atoms with Crippen molar-refractivity contribution in [1.82, 2.24) is 19.1 Å². The number of fused-ring (bicyclic) bond motifs is 1. The molecule has 34 heavy (non-hydrogen) atoms. The lowest BCUT2D eigenvalue weighted by molar-refractivity contribution is -0.116.